The van der Waals surface area contributed by atoms with Crippen LogP contribution in [0.15, 0.2) is 30.3 Å². The smallest absolute Gasteiger partial charge is 0.00673 e. The van der Waals surface area contributed by atoms with Gasteiger partial charge in [-0.1, -0.05) is 44.2 Å². The van der Waals surface area contributed by atoms with Crippen LogP contribution in [0.25, 0.3) is 0 Å². The van der Waals surface area contributed by atoms with Crippen LogP contribution in [0.1, 0.15) is 39.2 Å². The van der Waals surface area contributed by atoms with Gasteiger partial charge in [-0.05, 0) is 31.2 Å². The Balaban J connectivity index is 1.91. The predicted octanol–water partition coefficient (Wildman–Crippen LogP) is 3.35. The van der Waals surface area contributed by atoms with Crippen molar-refractivity contribution in [3.8, 4) is 0 Å². The van der Waals surface area contributed by atoms with E-state index in [0.717, 1.165) is 12.5 Å². The highest BCUT2D eigenvalue weighted by atomic mass is 14.9. The largest absolute Gasteiger partial charge is 0.313 e. The van der Waals surface area contributed by atoms with E-state index in [4.69, 9.17) is 0 Å². The van der Waals surface area contributed by atoms with Crippen LogP contribution in [0, 0.1) is 5.92 Å². The van der Waals surface area contributed by atoms with E-state index >= 15 is 0 Å². The van der Waals surface area contributed by atoms with Crippen LogP contribution in [0.5, 0.6) is 0 Å². The van der Waals surface area contributed by atoms with Gasteiger partial charge in [-0.25, -0.2) is 0 Å². The normalized spacial score (nSPS) is 18.4. The molecule has 0 saturated heterocycles. The zero-order valence-corrected chi connectivity index (χ0v) is 10.7. The molecule has 0 amide bonds. The molecule has 0 bridgehead atoms. The van der Waals surface area contributed by atoms with Crippen molar-refractivity contribution < 1.29 is 0 Å². The summed E-state index contributed by atoms with van der Waals surface area (Å²) in [4.78, 5) is 0. The summed E-state index contributed by atoms with van der Waals surface area (Å²) in [6.07, 6.45) is 2.83. The predicted molar refractivity (Wildman–Crippen MR) is 69.7 cm³/mol. The van der Waals surface area contributed by atoms with Gasteiger partial charge in [0.1, 0.15) is 0 Å². The van der Waals surface area contributed by atoms with Crippen LogP contribution in [-0.4, -0.2) is 12.6 Å². The van der Waals surface area contributed by atoms with E-state index in [-0.39, 0.29) is 5.41 Å². The Hall–Kier alpha value is -0.820. The van der Waals surface area contributed by atoms with Crippen molar-refractivity contribution in [1.82, 2.24) is 5.32 Å². The highest BCUT2D eigenvalue weighted by molar-refractivity contribution is 5.23. The molecule has 0 heterocycles. The summed E-state index contributed by atoms with van der Waals surface area (Å²) >= 11 is 0. The summed E-state index contributed by atoms with van der Waals surface area (Å²) in [5, 5.41) is 3.68. The molecule has 1 aliphatic rings. The highest BCUT2D eigenvalue weighted by Crippen LogP contribution is 2.32. The molecule has 1 N–H and O–H groups in total. The fourth-order valence-corrected chi connectivity index (χ4v) is 2.17. The van der Waals surface area contributed by atoms with Crippen molar-refractivity contribution in [2.24, 2.45) is 5.92 Å². The number of hydrogen-bond donors (Lipinski definition) is 1. The van der Waals surface area contributed by atoms with E-state index in [1.165, 1.54) is 18.4 Å². The first kappa shape index (κ1) is 11.7. The van der Waals surface area contributed by atoms with Crippen LogP contribution in [0.2, 0.25) is 0 Å². The Kier molecular flexibility index (Phi) is 3.34. The monoisotopic (exact) mass is 217 g/mol. The maximum Gasteiger partial charge on any atom is 0.00673 e. The molecule has 16 heavy (non-hydrogen) atoms. The Morgan fingerprint density at radius 1 is 1.25 bits per heavy atom. The SMILES string of the molecule is CC(NCC(C)(C)c1ccccc1)C1CC1. The highest BCUT2D eigenvalue weighted by Gasteiger charge is 2.29. The lowest BCUT2D eigenvalue weighted by Gasteiger charge is -2.28. The Morgan fingerprint density at radius 2 is 1.88 bits per heavy atom. The van der Waals surface area contributed by atoms with E-state index in [1.807, 2.05) is 0 Å². The van der Waals surface area contributed by atoms with E-state index in [1.54, 1.807) is 0 Å². The lowest BCUT2D eigenvalue weighted by atomic mass is 9.84. The van der Waals surface area contributed by atoms with E-state index in [9.17, 15) is 0 Å². The van der Waals surface area contributed by atoms with Gasteiger partial charge in [0.2, 0.25) is 0 Å². The maximum atomic E-state index is 3.68. The lowest BCUT2D eigenvalue weighted by molar-refractivity contribution is 0.408. The van der Waals surface area contributed by atoms with Crippen LogP contribution in [0.4, 0.5) is 0 Å². The van der Waals surface area contributed by atoms with Gasteiger partial charge in [-0.2, -0.15) is 0 Å². The molecule has 1 unspecified atom stereocenters. The molecule has 1 heteroatoms. The van der Waals surface area contributed by atoms with Gasteiger partial charge >= 0.3 is 0 Å². The van der Waals surface area contributed by atoms with Gasteiger partial charge in [0.25, 0.3) is 0 Å². The van der Waals surface area contributed by atoms with Gasteiger partial charge in [-0.15, -0.1) is 0 Å². The van der Waals surface area contributed by atoms with Crippen molar-refractivity contribution in [2.45, 2.75) is 45.1 Å². The molecule has 0 spiro atoms. The van der Waals surface area contributed by atoms with Crippen LogP contribution >= 0.6 is 0 Å². The van der Waals surface area contributed by atoms with Crippen molar-refractivity contribution in [1.29, 1.82) is 0 Å². The molecular weight excluding hydrogens is 194 g/mol. The third-order valence-electron chi connectivity index (χ3n) is 3.75. The maximum absolute atomic E-state index is 3.68. The molecule has 1 aromatic carbocycles. The molecular formula is C15H23N. The van der Waals surface area contributed by atoms with E-state index in [0.29, 0.717) is 6.04 Å². The number of nitrogens with one attached hydrogen (secondary N) is 1. The second kappa shape index (κ2) is 4.58. The number of hydrogen-bond acceptors (Lipinski definition) is 1. The van der Waals surface area contributed by atoms with Crippen LogP contribution < -0.4 is 5.32 Å². The molecule has 1 aromatic rings. The lowest BCUT2D eigenvalue weighted by Crippen LogP contribution is -2.38. The minimum Gasteiger partial charge on any atom is -0.313 e. The molecule has 1 aliphatic carbocycles. The summed E-state index contributed by atoms with van der Waals surface area (Å²) in [5.41, 5.74) is 1.65. The Labute approximate surface area is 99.3 Å². The summed E-state index contributed by atoms with van der Waals surface area (Å²) in [5.74, 6) is 0.937. The standard InChI is InChI=1S/C15H23N/c1-12(13-9-10-13)16-11-15(2,3)14-7-5-4-6-8-14/h4-8,12-13,16H,9-11H2,1-3H3. The molecule has 1 atom stereocenters. The van der Waals surface area contributed by atoms with Gasteiger partial charge in [-0.3, -0.25) is 0 Å². The topological polar surface area (TPSA) is 12.0 Å². The minimum absolute atomic E-state index is 0.227. The third-order valence-corrected chi connectivity index (χ3v) is 3.75. The second-order valence-electron chi connectivity index (χ2n) is 5.76. The van der Waals surface area contributed by atoms with Crippen LogP contribution in [-0.2, 0) is 5.41 Å². The molecule has 1 saturated carbocycles. The summed E-state index contributed by atoms with van der Waals surface area (Å²) in [6.45, 7) is 8.01. The molecule has 0 aromatic heterocycles. The first-order chi connectivity index (χ1) is 7.59. The summed E-state index contributed by atoms with van der Waals surface area (Å²) in [7, 11) is 0. The van der Waals surface area contributed by atoms with Gasteiger partial charge in [0.05, 0.1) is 0 Å². The van der Waals surface area contributed by atoms with Crippen molar-refractivity contribution >= 4 is 0 Å². The first-order valence-corrected chi connectivity index (χ1v) is 6.38. The Bertz CT molecular complexity index is 325. The summed E-state index contributed by atoms with van der Waals surface area (Å²) in [6, 6.07) is 11.5. The molecule has 1 nitrogen and oxygen atoms in total. The van der Waals surface area contributed by atoms with Crippen molar-refractivity contribution in [3.05, 3.63) is 35.9 Å². The average molecular weight is 217 g/mol. The van der Waals surface area contributed by atoms with Crippen LogP contribution in [0.3, 0.4) is 0 Å². The molecule has 1 fully saturated rings. The minimum atomic E-state index is 0.227. The average Bonchev–Trinajstić information content (AvgIpc) is 3.11. The molecule has 0 aliphatic heterocycles. The second-order valence-corrected chi connectivity index (χ2v) is 5.76. The van der Waals surface area contributed by atoms with Gasteiger partial charge in [0, 0.05) is 18.0 Å². The first-order valence-electron chi connectivity index (χ1n) is 6.38. The molecule has 2 rings (SSSR count). The molecule has 88 valence electrons. The third kappa shape index (κ3) is 2.85. The van der Waals surface area contributed by atoms with E-state index in [2.05, 4.69) is 56.4 Å². The Morgan fingerprint density at radius 3 is 2.44 bits per heavy atom. The molecule has 0 radical (unpaired) electrons. The van der Waals surface area contributed by atoms with Gasteiger partial charge < -0.3 is 5.32 Å². The van der Waals surface area contributed by atoms with Crippen molar-refractivity contribution in [3.63, 3.8) is 0 Å². The van der Waals surface area contributed by atoms with Gasteiger partial charge in [0.15, 0.2) is 0 Å². The zero-order chi connectivity index (χ0) is 11.6. The number of benzene rings is 1. The van der Waals surface area contributed by atoms with E-state index < -0.39 is 0 Å². The van der Waals surface area contributed by atoms with Crippen molar-refractivity contribution in [2.75, 3.05) is 6.54 Å². The summed E-state index contributed by atoms with van der Waals surface area (Å²) < 4.78 is 0. The zero-order valence-electron chi connectivity index (χ0n) is 10.7. The fraction of sp³-hybridized carbons (Fsp3) is 0.600. The fourth-order valence-electron chi connectivity index (χ4n) is 2.17. The quantitative estimate of drug-likeness (QED) is 0.797. The number of rotatable bonds is 5.